The maximum Gasteiger partial charge on any atom is 0.268 e. The monoisotopic (exact) mass is 421 g/mol. The van der Waals surface area contributed by atoms with E-state index in [-0.39, 0.29) is 5.56 Å². The second-order valence-corrected chi connectivity index (χ2v) is 7.07. The molecule has 1 amide bonds. The number of nitrogens with one attached hydrogen (secondary N) is 1. The number of hydrogen-bond acceptors (Lipinski definition) is 7. The number of rotatable bonds is 5. The summed E-state index contributed by atoms with van der Waals surface area (Å²) in [5.41, 5.74) is 1.27. The molecule has 0 unspecified atom stereocenters. The Hall–Kier alpha value is -3.72. The van der Waals surface area contributed by atoms with Gasteiger partial charge in [-0.05, 0) is 36.8 Å². The summed E-state index contributed by atoms with van der Waals surface area (Å²) in [6.45, 7) is 4.63. The second kappa shape index (κ2) is 8.97. The Morgan fingerprint density at radius 1 is 1.10 bits per heavy atom. The summed E-state index contributed by atoms with van der Waals surface area (Å²) in [5, 5.41) is 2.77. The van der Waals surface area contributed by atoms with E-state index in [0.29, 0.717) is 36.0 Å². The Kier molecular flexibility index (Phi) is 5.94. The number of carbonyl (C=O) groups excluding carboxylic acids is 1. The zero-order valence-corrected chi connectivity index (χ0v) is 17.4. The third kappa shape index (κ3) is 4.41. The van der Waals surface area contributed by atoms with Gasteiger partial charge in [0.1, 0.15) is 11.4 Å². The first kappa shape index (κ1) is 20.5. The lowest BCUT2D eigenvalue weighted by Crippen LogP contribution is -2.36. The Morgan fingerprint density at radius 2 is 1.90 bits per heavy atom. The van der Waals surface area contributed by atoms with Crippen LogP contribution in [0.1, 0.15) is 15.9 Å². The smallest absolute Gasteiger partial charge is 0.268 e. The molecule has 1 saturated heterocycles. The quantitative estimate of drug-likeness (QED) is 0.673. The molecule has 31 heavy (non-hydrogen) atoms. The lowest BCUT2D eigenvalue weighted by molar-refractivity contribution is 0.102. The minimum absolute atomic E-state index is 0.0653. The van der Waals surface area contributed by atoms with Gasteiger partial charge in [-0.15, -0.1) is 0 Å². The van der Waals surface area contributed by atoms with E-state index < -0.39 is 11.5 Å². The molecule has 9 nitrogen and oxygen atoms in total. The molecule has 0 saturated carbocycles. The number of amides is 1. The molecule has 1 aliphatic rings. The Morgan fingerprint density at radius 3 is 2.55 bits per heavy atom. The molecule has 0 radical (unpaired) electrons. The molecule has 0 spiro atoms. The highest BCUT2D eigenvalue weighted by Crippen LogP contribution is 2.17. The summed E-state index contributed by atoms with van der Waals surface area (Å²) in [4.78, 5) is 36.6. The number of anilines is 2. The van der Waals surface area contributed by atoms with Crippen LogP contribution >= 0.6 is 0 Å². The Bertz CT molecular complexity index is 1120. The number of aromatic nitrogens is 3. The van der Waals surface area contributed by atoms with E-state index in [1.54, 1.807) is 43.6 Å². The fourth-order valence-electron chi connectivity index (χ4n) is 3.37. The molecule has 1 N–H and O–H groups in total. The highest BCUT2D eigenvalue weighted by Gasteiger charge is 2.18. The molecule has 9 heteroatoms. The molecule has 0 aliphatic carbocycles. The minimum atomic E-state index is -0.487. The average Bonchev–Trinajstić information content (AvgIpc) is 2.80. The van der Waals surface area contributed by atoms with Gasteiger partial charge in [0, 0.05) is 25.4 Å². The molecule has 0 atom stereocenters. The number of ether oxygens (including phenoxy) is 2. The van der Waals surface area contributed by atoms with Gasteiger partial charge < -0.3 is 19.7 Å². The van der Waals surface area contributed by atoms with Crippen molar-refractivity contribution in [1.82, 2.24) is 14.5 Å². The van der Waals surface area contributed by atoms with Crippen molar-refractivity contribution < 1.29 is 14.3 Å². The van der Waals surface area contributed by atoms with E-state index >= 15 is 0 Å². The van der Waals surface area contributed by atoms with Crippen LogP contribution in [0, 0.1) is 6.92 Å². The van der Waals surface area contributed by atoms with Crippen LogP contribution in [-0.4, -0.2) is 53.9 Å². The maximum atomic E-state index is 13.0. The fourth-order valence-corrected chi connectivity index (χ4v) is 3.37. The van der Waals surface area contributed by atoms with E-state index in [1.165, 1.54) is 17.9 Å². The number of methoxy groups -OCH3 is 1. The van der Waals surface area contributed by atoms with Gasteiger partial charge in [-0.2, -0.15) is 0 Å². The normalized spacial score (nSPS) is 13.7. The Balaban J connectivity index is 1.56. The molecule has 3 aromatic heterocycles. The van der Waals surface area contributed by atoms with Crippen LogP contribution in [0.3, 0.4) is 0 Å². The van der Waals surface area contributed by atoms with Gasteiger partial charge in [0.15, 0.2) is 0 Å². The third-order valence-electron chi connectivity index (χ3n) is 5.08. The number of carbonyl (C=O) groups is 1. The topological polar surface area (TPSA) is 98.6 Å². The van der Waals surface area contributed by atoms with Gasteiger partial charge in [0.2, 0.25) is 5.88 Å². The van der Waals surface area contributed by atoms with Crippen molar-refractivity contribution in [2.75, 3.05) is 43.6 Å². The number of nitrogens with zero attached hydrogens (tertiary/aromatic N) is 4. The predicted octanol–water partition coefficient (Wildman–Crippen LogP) is 2.03. The number of morpholine rings is 1. The van der Waals surface area contributed by atoms with Gasteiger partial charge in [-0.25, -0.2) is 9.97 Å². The molecule has 160 valence electrons. The van der Waals surface area contributed by atoms with Crippen LogP contribution < -0.4 is 20.5 Å². The fraction of sp³-hybridized carbons (Fsp3) is 0.273. The van der Waals surface area contributed by atoms with Gasteiger partial charge >= 0.3 is 0 Å². The number of hydrogen-bond donors (Lipinski definition) is 1. The third-order valence-corrected chi connectivity index (χ3v) is 5.08. The van der Waals surface area contributed by atoms with Crippen molar-refractivity contribution in [3.8, 4) is 11.6 Å². The standard InChI is InChI=1S/C22H23N5O4/c1-15-7-8-27(17-4-6-19(30-2)24-14-17)22(29)20(15)21(28)25-16-3-5-18(23-13-16)26-9-11-31-12-10-26/h3-8,13-14H,9-12H2,1-2H3,(H,25,28). The van der Waals surface area contributed by atoms with E-state index in [0.717, 1.165) is 18.9 Å². The molecule has 3 aromatic rings. The van der Waals surface area contributed by atoms with Crippen molar-refractivity contribution in [1.29, 1.82) is 0 Å². The minimum Gasteiger partial charge on any atom is -0.481 e. The summed E-state index contributed by atoms with van der Waals surface area (Å²) < 4.78 is 11.8. The van der Waals surface area contributed by atoms with E-state index in [9.17, 15) is 9.59 Å². The average molecular weight is 421 g/mol. The molecule has 4 heterocycles. The summed E-state index contributed by atoms with van der Waals surface area (Å²) in [7, 11) is 1.52. The van der Waals surface area contributed by atoms with Gasteiger partial charge in [0.05, 0.1) is 44.1 Å². The van der Waals surface area contributed by atoms with Crippen LogP contribution in [0.15, 0.2) is 53.7 Å². The molecular formula is C22H23N5O4. The molecule has 1 fully saturated rings. The maximum absolute atomic E-state index is 13.0. The van der Waals surface area contributed by atoms with E-state index in [1.807, 2.05) is 6.07 Å². The van der Waals surface area contributed by atoms with Crippen molar-refractivity contribution in [3.63, 3.8) is 0 Å². The van der Waals surface area contributed by atoms with Crippen molar-refractivity contribution in [3.05, 3.63) is 70.4 Å². The first-order valence-corrected chi connectivity index (χ1v) is 9.89. The van der Waals surface area contributed by atoms with Crippen LogP contribution in [0.25, 0.3) is 5.69 Å². The molecule has 1 aliphatic heterocycles. The summed E-state index contributed by atoms with van der Waals surface area (Å²) in [6.07, 6.45) is 4.73. The number of aryl methyl sites for hydroxylation is 1. The second-order valence-electron chi connectivity index (χ2n) is 7.07. The SMILES string of the molecule is COc1ccc(-n2ccc(C)c(C(=O)Nc3ccc(N4CCOCC4)nc3)c2=O)cn1. The molecular weight excluding hydrogens is 398 g/mol. The number of pyridine rings is 3. The van der Waals surface area contributed by atoms with Gasteiger partial charge in [-0.1, -0.05) is 0 Å². The van der Waals surface area contributed by atoms with E-state index in [4.69, 9.17) is 9.47 Å². The van der Waals surface area contributed by atoms with Crippen LogP contribution in [0.4, 0.5) is 11.5 Å². The lowest BCUT2D eigenvalue weighted by Gasteiger charge is -2.27. The first-order chi connectivity index (χ1) is 15.1. The molecule has 0 bridgehead atoms. The predicted molar refractivity (Wildman–Crippen MR) is 116 cm³/mol. The highest BCUT2D eigenvalue weighted by atomic mass is 16.5. The highest BCUT2D eigenvalue weighted by molar-refractivity contribution is 6.05. The summed E-state index contributed by atoms with van der Waals surface area (Å²) >= 11 is 0. The zero-order chi connectivity index (χ0) is 21.8. The lowest BCUT2D eigenvalue weighted by atomic mass is 10.1. The van der Waals surface area contributed by atoms with Gasteiger partial charge in [-0.3, -0.25) is 14.2 Å². The van der Waals surface area contributed by atoms with E-state index in [2.05, 4.69) is 20.2 Å². The largest absolute Gasteiger partial charge is 0.481 e. The van der Waals surface area contributed by atoms with Crippen molar-refractivity contribution in [2.24, 2.45) is 0 Å². The van der Waals surface area contributed by atoms with Crippen molar-refractivity contribution in [2.45, 2.75) is 6.92 Å². The van der Waals surface area contributed by atoms with Crippen LogP contribution in [-0.2, 0) is 4.74 Å². The molecule has 0 aromatic carbocycles. The Labute approximate surface area is 179 Å². The summed E-state index contributed by atoms with van der Waals surface area (Å²) in [6, 6.07) is 8.71. The first-order valence-electron chi connectivity index (χ1n) is 9.89. The zero-order valence-electron chi connectivity index (χ0n) is 17.4. The van der Waals surface area contributed by atoms with Crippen LogP contribution in [0.5, 0.6) is 5.88 Å². The van der Waals surface area contributed by atoms with Gasteiger partial charge in [0.25, 0.3) is 11.5 Å². The van der Waals surface area contributed by atoms with Crippen molar-refractivity contribution >= 4 is 17.4 Å². The van der Waals surface area contributed by atoms with Crippen LogP contribution in [0.2, 0.25) is 0 Å². The molecule has 4 rings (SSSR count). The summed E-state index contributed by atoms with van der Waals surface area (Å²) in [5.74, 6) is 0.778.